The van der Waals surface area contributed by atoms with Crippen LogP contribution in [0, 0.1) is 0 Å². The normalized spacial score (nSPS) is 19.7. The fourth-order valence-corrected chi connectivity index (χ4v) is 4.04. The van der Waals surface area contributed by atoms with Gasteiger partial charge in [0.1, 0.15) is 0 Å². The molecule has 0 aromatic heterocycles. The molecule has 2 aliphatic heterocycles. The molecule has 0 unspecified atom stereocenters. The average Bonchev–Trinajstić information content (AvgIpc) is 3.19. The Bertz CT molecular complexity index is 587. The van der Waals surface area contributed by atoms with Gasteiger partial charge < -0.3 is 4.90 Å². The summed E-state index contributed by atoms with van der Waals surface area (Å²) in [5.41, 5.74) is 4.39. The summed E-state index contributed by atoms with van der Waals surface area (Å²) in [6.45, 7) is 16.4. The van der Waals surface area contributed by atoms with E-state index in [0.29, 0.717) is 12.5 Å². The fourth-order valence-electron chi connectivity index (χ4n) is 4.04. The monoisotopic (exact) mass is 401 g/mol. The lowest BCUT2D eigenvalue weighted by Gasteiger charge is -2.35. The van der Waals surface area contributed by atoms with Crippen molar-refractivity contribution in [2.45, 2.75) is 66.2 Å². The van der Waals surface area contributed by atoms with Crippen LogP contribution in [-0.4, -0.2) is 73.0 Å². The largest absolute Gasteiger partial charge is 0.339 e. The minimum Gasteiger partial charge on any atom is -0.339 e. The Labute approximate surface area is 179 Å². The first-order valence-corrected chi connectivity index (χ1v) is 11.6. The summed E-state index contributed by atoms with van der Waals surface area (Å²) in [7, 11) is 0. The first-order chi connectivity index (χ1) is 13.9. The molecule has 1 amide bonds. The molecule has 2 aliphatic rings. The first kappa shape index (κ1) is 23.9. The molecule has 0 bridgehead atoms. The van der Waals surface area contributed by atoms with Crippen LogP contribution >= 0.6 is 0 Å². The molecular formula is C25H43N3O. The van der Waals surface area contributed by atoms with Gasteiger partial charge in [-0.3, -0.25) is 14.6 Å². The summed E-state index contributed by atoms with van der Waals surface area (Å²) in [6, 6.07) is 0. The number of rotatable bonds is 10. The van der Waals surface area contributed by atoms with Gasteiger partial charge in [0.15, 0.2) is 0 Å². The number of carbonyl (C=O) groups is 1. The molecule has 4 heteroatoms. The second-order valence-corrected chi connectivity index (χ2v) is 9.12. The van der Waals surface area contributed by atoms with Gasteiger partial charge in [0.25, 0.3) is 0 Å². The van der Waals surface area contributed by atoms with E-state index in [1.54, 1.807) is 0 Å². The molecule has 0 spiro atoms. The topological polar surface area (TPSA) is 26.8 Å². The van der Waals surface area contributed by atoms with Crippen molar-refractivity contribution in [3.8, 4) is 0 Å². The lowest BCUT2D eigenvalue weighted by Crippen LogP contribution is -2.50. The molecule has 0 radical (unpaired) electrons. The predicted molar refractivity (Wildman–Crippen MR) is 124 cm³/mol. The highest BCUT2D eigenvalue weighted by atomic mass is 16.2. The summed E-state index contributed by atoms with van der Waals surface area (Å²) in [6.07, 6.45) is 14.2. The van der Waals surface area contributed by atoms with Crippen LogP contribution in [0.3, 0.4) is 0 Å². The van der Waals surface area contributed by atoms with Crippen LogP contribution in [-0.2, 0) is 4.79 Å². The van der Waals surface area contributed by atoms with Crippen LogP contribution in [0.1, 0.15) is 66.2 Å². The number of nitrogens with zero attached hydrogens (tertiary/aromatic N) is 3. The summed E-state index contributed by atoms with van der Waals surface area (Å²) in [5.74, 6) is 0.324. The maximum absolute atomic E-state index is 12.4. The second-order valence-electron chi connectivity index (χ2n) is 9.12. The van der Waals surface area contributed by atoms with Crippen LogP contribution in [0.25, 0.3) is 0 Å². The lowest BCUT2D eigenvalue weighted by atomic mass is 10.1. The Balaban J connectivity index is 1.61. The molecular weight excluding hydrogens is 358 g/mol. The first-order valence-electron chi connectivity index (χ1n) is 11.6. The number of likely N-dealkylation sites (tertiary alicyclic amines) is 1. The van der Waals surface area contributed by atoms with Crippen LogP contribution in [0.4, 0.5) is 0 Å². The number of hydrogen-bond donors (Lipinski definition) is 0. The third kappa shape index (κ3) is 9.77. The van der Waals surface area contributed by atoms with Crippen molar-refractivity contribution in [2.24, 2.45) is 0 Å². The Morgan fingerprint density at radius 2 is 1.31 bits per heavy atom. The van der Waals surface area contributed by atoms with Crippen molar-refractivity contribution in [2.75, 3.05) is 52.4 Å². The molecule has 0 aromatic rings. The van der Waals surface area contributed by atoms with E-state index < -0.39 is 0 Å². The minimum absolute atomic E-state index is 0.324. The molecule has 2 fully saturated rings. The lowest BCUT2D eigenvalue weighted by molar-refractivity contribution is -0.133. The minimum atomic E-state index is 0.324. The van der Waals surface area contributed by atoms with Crippen molar-refractivity contribution in [1.29, 1.82) is 0 Å². The van der Waals surface area contributed by atoms with Gasteiger partial charge in [0.05, 0.1) is 6.54 Å². The van der Waals surface area contributed by atoms with Gasteiger partial charge in [-0.05, 0) is 79.3 Å². The van der Waals surface area contributed by atoms with Crippen LogP contribution in [0.15, 0.2) is 34.9 Å². The van der Waals surface area contributed by atoms with Gasteiger partial charge in [0, 0.05) is 32.7 Å². The van der Waals surface area contributed by atoms with Crippen molar-refractivity contribution in [3.05, 3.63) is 34.9 Å². The van der Waals surface area contributed by atoms with E-state index in [9.17, 15) is 4.79 Å². The van der Waals surface area contributed by atoms with Crippen molar-refractivity contribution in [1.82, 2.24) is 14.7 Å². The van der Waals surface area contributed by atoms with E-state index >= 15 is 0 Å². The summed E-state index contributed by atoms with van der Waals surface area (Å²) in [4.78, 5) is 19.3. The zero-order valence-electron chi connectivity index (χ0n) is 19.4. The van der Waals surface area contributed by atoms with Gasteiger partial charge >= 0.3 is 0 Å². The predicted octanol–water partition coefficient (Wildman–Crippen LogP) is 4.65. The molecule has 0 atom stereocenters. The second kappa shape index (κ2) is 13.0. The van der Waals surface area contributed by atoms with Crippen molar-refractivity contribution in [3.63, 3.8) is 0 Å². The summed E-state index contributed by atoms with van der Waals surface area (Å²) < 4.78 is 0. The van der Waals surface area contributed by atoms with Gasteiger partial charge in [-0.1, -0.05) is 34.9 Å². The molecule has 0 N–H and O–H groups in total. The van der Waals surface area contributed by atoms with Crippen molar-refractivity contribution < 1.29 is 4.79 Å². The Morgan fingerprint density at radius 3 is 1.93 bits per heavy atom. The van der Waals surface area contributed by atoms with E-state index in [2.05, 4.69) is 60.6 Å². The van der Waals surface area contributed by atoms with Crippen molar-refractivity contribution >= 4 is 5.91 Å². The van der Waals surface area contributed by atoms with E-state index in [-0.39, 0.29) is 0 Å². The summed E-state index contributed by atoms with van der Waals surface area (Å²) >= 11 is 0. The zero-order chi connectivity index (χ0) is 21.1. The molecule has 164 valence electrons. The number of carbonyl (C=O) groups excluding carboxylic acids is 1. The van der Waals surface area contributed by atoms with Crippen LogP contribution in [0.5, 0.6) is 0 Å². The number of allylic oxidation sites excluding steroid dienone is 5. The third-order valence-electron chi connectivity index (χ3n) is 6.10. The highest BCUT2D eigenvalue weighted by Crippen LogP contribution is 2.12. The molecule has 4 nitrogen and oxygen atoms in total. The van der Waals surface area contributed by atoms with Crippen LogP contribution in [0.2, 0.25) is 0 Å². The van der Waals surface area contributed by atoms with Gasteiger partial charge in [0.2, 0.25) is 5.91 Å². The number of piperazine rings is 1. The quantitative estimate of drug-likeness (QED) is 0.499. The summed E-state index contributed by atoms with van der Waals surface area (Å²) in [5, 5.41) is 0. The maximum Gasteiger partial charge on any atom is 0.236 e. The highest BCUT2D eigenvalue weighted by molar-refractivity contribution is 5.78. The molecule has 0 saturated carbocycles. The Hall–Kier alpha value is -1.39. The molecule has 0 aliphatic carbocycles. The number of hydrogen-bond acceptors (Lipinski definition) is 3. The zero-order valence-corrected chi connectivity index (χ0v) is 19.4. The van der Waals surface area contributed by atoms with Crippen LogP contribution < -0.4 is 0 Å². The van der Waals surface area contributed by atoms with Gasteiger partial charge in [-0.2, -0.15) is 0 Å². The fraction of sp³-hybridized carbons (Fsp3) is 0.720. The Morgan fingerprint density at radius 1 is 0.724 bits per heavy atom. The Kier molecular flexibility index (Phi) is 10.7. The smallest absolute Gasteiger partial charge is 0.236 e. The molecule has 2 heterocycles. The molecule has 29 heavy (non-hydrogen) atoms. The van der Waals surface area contributed by atoms with E-state index in [1.807, 2.05) is 0 Å². The molecule has 0 aromatic carbocycles. The SMILES string of the molecule is CC(C)=CCC/C(C)=C/CC/C(C)=C/CN1CCN(C(=O)CN2CCCC2)CC1. The van der Waals surface area contributed by atoms with E-state index in [1.165, 1.54) is 36.0 Å². The van der Waals surface area contributed by atoms with Gasteiger partial charge in [-0.15, -0.1) is 0 Å². The molecule has 2 saturated heterocycles. The average molecular weight is 402 g/mol. The van der Waals surface area contributed by atoms with E-state index in [4.69, 9.17) is 0 Å². The number of amides is 1. The molecule has 2 rings (SSSR count). The highest BCUT2D eigenvalue weighted by Gasteiger charge is 2.23. The maximum atomic E-state index is 12.4. The third-order valence-corrected chi connectivity index (χ3v) is 6.10. The standard InChI is InChI=1S/C25H43N3O/c1-22(2)9-7-10-23(3)11-8-12-24(4)13-16-26-17-19-28(20-18-26)25(29)21-27-14-5-6-15-27/h9,11,13H,5-8,10,12,14-21H2,1-4H3/b23-11+,24-13+. The van der Waals surface area contributed by atoms with E-state index in [0.717, 1.165) is 65.1 Å². The van der Waals surface area contributed by atoms with Gasteiger partial charge in [-0.25, -0.2) is 0 Å².